The molecule has 7 nitrogen and oxygen atoms in total. The fraction of sp³-hybridized carbons (Fsp3) is 0.364. The summed E-state index contributed by atoms with van der Waals surface area (Å²) in [6, 6.07) is 4.98. The van der Waals surface area contributed by atoms with Gasteiger partial charge >= 0.3 is 5.97 Å². The molecule has 0 amide bonds. The lowest BCUT2D eigenvalue weighted by Crippen LogP contribution is -2.42. The topological polar surface area (TPSA) is 110 Å². The second-order valence-corrected chi connectivity index (χ2v) is 3.77. The minimum absolute atomic E-state index is 0. The second kappa shape index (κ2) is 9.35. The van der Waals surface area contributed by atoms with Crippen LogP contribution in [-0.2, 0) is 4.79 Å². The maximum atomic E-state index is 11.0. The number of carboxylic acid groups (broad SMARTS) is 1. The first-order valence-corrected chi connectivity index (χ1v) is 5.41. The quantitative estimate of drug-likeness (QED) is 0.608. The van der Waals surface area contributed by atoms with Crippen LogP contribution in [0.15, 0.2) is 24.3 Å². The number of halogens is 2. The third-order valence-corrected chi connectivity index (χ3v) is 2.59. The summed E-state index contributed by atoms with van der Waals surface area (Å²) in [7, 11) is 0. The minimum Gasteiger partial charge on any atom is -0.480 e. The van der Waals surface area contributed by atoms with Crippen LogP contribution in [0.4, 0.5) is 11.4 Å². The highest BCUT2D eigenvalue weighted by atomic mass is 35.5. The maximum absolute atomic E-state index is 11.0. The van der Waals surface area contributed by atoms with Gasteiger partial charge in [0.05, 0.1) is 4.92 Å². The van der Waals surface area contributed by atoms with Crippen molar-refractivity contribution in [1.29, 1.82) is 0 Å². The third-order valence-electron chi connectivity index (χ3n) is 2.59. The lowest BCUT2D eigenvalue weighted by Gasteiger charge is -2.28. The zero-order valence-electron chi connectivity index (χ0n) is 10.8. The molecule has 0 aliphatic carbocycles. The van der Waals surface area contributed by atoms with Gasteiger partial charge in [0.25, 0.3) is 5.69 Å². The fourth-order valence-electron chi connectivity index (χ4n) is 1.58. The Bertz CT molecular complexity index is 442. The monoisotopic (exact) mass is 325 g/mol. The van der Waals surface area contributed by atoms with E-state index in [1.54, 1.807) is 11.8 Å². The van der Waals surface area contributed by atoms with Crippen molar-refractivity contribution in [3.05, 3.63) is 34.4 Å². The summed E-state index contributed by atoms with van der Waals surface area (Å²) in [6.45, 7) is 2.21. The van der Waals surface area contributed by atoms with Crippen molar-refractivity contribution in [2.24, 2.45) is 5.73 Å². The second-order valence-electron chi connectivity index (χ2n) is 3.77. The van der Waals surface area contributed by atoms with Gasteiger partial charge in [0.1, 0.15) is 6.04 Å². The molecule has 0 bridgehead atoms. The molecule has 1 atom stereocenters. The van der Waals surface area contributed by atoms with E-state index in [-0.39, 0.29) is 30.5 Å². The highest BCUT2D eigenvalue weighted by Crippen LogP contribution is 2.21. The Morgan fingerprint density at radius 3 is 2.25 bits per heavy atom. The Morgan fingerprint density at radius 1 is 1.40 bits per heavy atom. The Labute approximate surface area is 128 Å². The molecule has 0 unspecified atom stereocenters. The number of carboxylic acids is 1. The van der Waals surface area contributed by atoms with Crippen molar-refractivity contribution >= 4 is 42.2 Å². The number of rotatable bonds is 6. The number of carbonyl (C=O) groups is 1. The third kappa shape index (κ3) is 5.20. The first-order valence-electron chi connectivity index (χ1n) is 5.41. The normalized spacial score (nSPS) is 10.7. The summed E-state index contributed by atoms with van der Waals surface area (Å²) in [5.74, 6) is -0.971. The van der Waals surface area contributed by atoms with Crippen LogP contribution < -0.4 is 10.6 Å². The van der Waals surface area contributed by atoms with E-state index in [9.17, 15) is 14.9 Å². The smallest absolute Gasteiger partial charge is 0.326 e. The number of nitro groups is 1. The van der Waals surface area contributed by atoms with Gasteiger partial charge in [0.15, 0.2) is 0 Å². The lowest BCUT2D eigenvalue weighted by atomic mass is 10.2. The van der Waals surface area contributed by atoms with Crippen LogP contribution in [0.2, 0.25) is 0 Å². The van der Waals surface area contributed by atoms with Crippen LogP contribution in [0, 0.1) is 10.1 Å². The van der Waals surface area contributed by atoms with E-state index in [0.29, 0.717) is 18.8 Å². The minimum atomic E-state index is -0.971. The number of non-ortho nitro benzene ring substituents is 1. The molecular weight excluding hydrogens is 309 g/mol. The van der Waals surface area contributed by atoms with Gasteiger partial charge < -0.3 is 15.7 Å². The summed E-state index contributed by atoms with van der Waals surface area (Å²) >= 11 is 0. The van der Waals surface area contributed by atoms with Crippen molar-refractivity contribution in [3.63, 3.8) is 0 Å². The van der Waals surface area contributed by atoms with Crippen molar-refractivity contribution in [1.82, 2.24) is 0 Å². The van der Waals surface area contributed by atoms with Crippen LogP contribution in [0.3, 0.4) is 0 Å². The van der Waals surface area contributed by atoms with Gasteiger partial charge in [0.2, 0.25) is 0 Å². The number of nitro benzene ring substituents is 1. The molecule has 0 heterocycles. The van der Waals surface area contributed by atoms with Crippen LogP contribution >= 0.6 is 24.8 Å². The van der Waals surface area contributed by atoms with Gasteiger partial charge in [-0.15, -0.1) is 24.8 Å². The first kappa shape index (κ1) is 20.7. The molecule has 1 rings (SSSR count). The molecule has 0 saturated heterocycles. The van der Waals surface area contributed by atoms with Gasteiger partial charge in [-0.1, -0.05) is 0 Å². The van der Waals surface area contributed by atoms with E-state index in [1.807, 2.05) is 0 Å². The summed E-state index contributed by atoms with van der Waals surface area (Å²) in [6.07, 6.45) is 0. The molecule has 1 aromatic carbocycles. The van der Waals surface area contributed by atoms with E-state index in [0.717, 1.165) is 0 Å². The van der Waals surface area contributed by atoms with Gasteiger partial charge in [-0.2, -0.15) is 0 Å². The Kier molecular flexibility index (Phi) is 9.70. The number of anilines is 1. The molecule has 0 saturated carbocycles. The number of nitrogens with zero attached hydrogens (tertiary/aromatic N) is 2. The molecule has 0 aromatic heterocycles. The van der Waals surface area contributed by atoms with Crippen LogP contribution in [-0.4, -0.2) is 35.1 Å². The Morgan fingerprint density at radius 2 is 1.90 bits per heavy atom. The highest BCUT2D eigenvalue weighted by Gasteiger charge is 2.20. The van der Waals surface area contributed by atoms with Gasteiger partial charge in [-0.25, -0.2) is 4.79 Å². The SMILES string of the molecule is C[C@@H](C(=O)O)N(CCN)c1ccc([N+](=O)[O-])cc1.Cl.Cl. The zero-order chi connectivity index (χ0) is 13.7. The Balaban J connectivity index is 0. The van der Waals surface area contributed by atoms with Crippen LogP contribution in [0.5, 0.6) is 0 Å². The largest absolute Gasteiger partial charge is 0.480 e. The van der Waals surface area contributed by atoms with Gasteiger partial charge in [0, 0.05) is 30.9 Å². The van der Waals surface area contributed by atoms with Crippen molar-refractivity contribution in [2.75, 3.05) is 18.0 Å². The standard InChI is InChI=1S/C11H15N3O4.2ClH/c1-8(11(15)16)13(7-6-12)9-2-4-10(5-3-9)14(17)18;;/h2-5,8H,6-7,12H2,1H3,(H,15,16);2*1H/t8-;;/m0../s1. The molecular formula is C11H17Cl2N3O4. The van der Waals surface area contributed by atoms with E-state index >= 15 is 0 Å². The number of hydrogen-bond donors (Lipinski definition) is 2. The summed E-state index contributed by atoms with van der Waals surface area (Å²) in [5, 5.41) is 19.5. The number of nitrogens with two attached hydrogens (primary N) is 1. The molecule has 20 heavy (non-hydrogen) atoms. The van der Waals surface area contributed by atoms with Crippen molar-refractivity contribution < 1.29 is 14.8 Å². The van der Waals surface area contributed by atoms with E-state index in [2.05, 4.69) is 0 Å². The lowest BCUT2D eigenvalue weighted by molar-refractivity contribution is -0.384. The van der Waals surface area contributed by atoms with Crippen molar-refractivity contribution in [3.8, 4) is 0 Å². The number of benzene rings is 1. The summed E-state index contributed by atoms with van der Waals surface area (Å²) in [5.41, 5.74) is 6.01. The fourth-order valence-corrected chi connectivity index (χ4v) is 1.58. The number of hydrogen-bond acceptors (Lipinski definition) is 5. The first-order chi connectivity index (χ1) is 8.47. The average molecular weight is 326 g/mol. The highest BCUT2D eigenvalue weighted by molar-refractivity contribution is 5.85. The van der Waals surface area contributed by atoms with Crippen LogP contribution in [0.1, 0.15) is 6.92 Å². The molecule has 0 aliphatic rings. The molecule has 9 heteroatoms. The maximum Gasteiger partial charge on any atom is 0.326 e. The molecule has 3 N–H and O–H groups in total. The Hall–Kier alpha value is -1.57. The number of aliphatic carboxylic acids is 1. The van der Waals surface area contributed by atoms with Crippen molar-refractivity contribution in [2.45, 2.75) is 13.0 Å². The molecule has 0 spiro atoms. The summed E-state index contributed by atoms with van der Waals surface area (Å²) in [4.78, 5) is 22.6. The predicted octanol–water partition coefficient (Wildman–Crippen LogP) is 1.68. The van der Waals surface area contributed by atoms with Gasteiger partial charge in [-0.3, -0.25) is 10.1 Å². The van der Waals surface area contributed by atoms with E-state index in [1.165, 1.54) is 24.3 Å². The molecule has 0 radical (unpaired) electrons. The van der Waals surface area contributed by atoms with E-state index < -0.39 is 16.9 Å². The molecule has 114 valence electrons. The predicted molar refractivity (Wildman–Crippen MR) is 81.1 cm³/mol. The van der Waals surface area contributed by atoms with Gasteiger partial charge in [-0.05, 0) is 19.1 Å². The molecule has 1 aromatic rings. The van der Waals surface area contributed by atoms with Crippen LogP contribution in [0.25, 0.3) is 0 Å². The molecule has 0 aliphatic heterocycles. The zero-order valence-corrected chi connectivity index (χ0v) is 12.4. The average Bonchev–Trinajstić information content (AvgIpc) is 2.35. The van der Waals surface area contributed by atoms with E-state index in [4.69, 9.17) is 10.8 Å². The summed E-state index contributed by atoms with van der Waals surface area (Å²) < 4.78 is 0. The molecule has 0 fully saturated rings.